The van der Waals surface area contributed by atoms with E-state index in [1.807, 2.05) is 0 Å². The molecule has 0 spiro atoms. The number of halogens is 1. The lowest BCUT2D eigenvalue weighted by molar-refractivity contribution is -0.118. The molecule has 206 valence electrons. The summed E-state index contributed by atoms with van der Waals surface area (Å²) in [5.41, 5.74) is 8.43. The molecule has 12 heteroatoms. The van der Waals surface area contributed by atoms with Crippen LogP contribution in [0.3, 0.4) is 0 Å². The number of hydrogen-bond donors (Lipinski definition) is 2. The minimum Gasteiger partial charge on any atom is -0.482 e. The highest BCUT2D eigenvalue weighted by Gasteiger charge is 2.34. The van der Waals surface area contributed by atoms with Crippen LogP contribution in [-0.2, 0) is 16.1 Å². The second-order valence-corrected chi connectivity index (χ2v) is 9.48. The van der Waals surface area contributed by atoms with Gasteiger partial charge in [-0.05, 0) is 63.2 Å². The fourth-order valence-corrected chi connectivity index (χ4v) is 4.91. The number of aromatic nitrogens is 2. The van der Waals surface area contributed by atoms with E-state index >= 15 is 0 Å². The lowest BCUT2D eigenvalue weighted by Gasteiger charge is -2.26. The molecule has 0 saturated carbocycles. The van der Waals surface area contributed by atoms with Gasteiger partial charge >= 0.3 is 6.09 Å². The fraction of sp³-hybridized carbons (Fsp3) is 0.407. The van der Waals surface area contributed by atoms with E-state index in [2.05, 4.69) is 20.2 Å². The molecule has 1 aromatic carbocycles. The summed E-state index contributed by atoms with van der Waals surface area (Å²) >= 11 is 0. The van der Waals surface area contributed by atoms with Gasteiger partial charge < -0.3 is 25.3 Å². The van der Waals surface area contributed by atoms with Crippen LogP contribution in [0.25, 0.3) is 11.0 Å². The van der Waals surface area contributed by atoms with Crippen LogP contribution in [0.2, 0.25) is 0 Å². The van der Waals surface area contributed by atoms with Crippen molar-refractivity contribution in [2.75, 3.05) is 50.2 Å². The summed E-state index contributed by atoms with van der Waals surface area (Å²) in [6.07, 6.45) is 2.93. The number of rotatable bonds is 11. The average Bonchev–Trinajstić information content (AvgIpc) is 3.31. The summed E-state index contributed by atoms with van der Waals surface area (Å²) < 4.78 is 31.0. The van der Waals surface area contributed by atoms with E-state index in [4.69, 9.17) is 19.9 Å². The molecule has 1 saturated heterocycles. The Balaban J connectivity index is 1.28. The number of anilines is 2. The standard InChI is InChI=1S/C27H31FN6O5/c1-37-25-8-6-21-26(32-25)19(20(28)13-30-21)14-33(11-3-9-29)10-2-4-18-15-39-27(36)34(18)17-5-7-23-22(12-17)31-24(35)16-38-23/h5-8,12-13,18H,2-4,9-11,14-16,29H2,1H3,(H,31,35)/t18-/m0/s1. The Bertz CT molecular complexity index is 1370. The summed E-state index contributed by atoms with van der Waals surface area (Å²) in [4.78, 5) is 36.7. The second-order valence-electron chi connectivity index (χ2n) is 9.48. The van der Waals surface area contributed by atoms with Gasteiger partial charge in [0.05, 0.1) is 30.6 Å². The van der Waals surface area contributed by atoms with E-state index in [1.165, 1.54) is 13.3 Å². The number of cyclic esters (lactones) is 1. The summed E-state index contributed by atoms with van der Waals surface area (Å²) in [7, 11) is 1.52. The molecule has 0 aliphatic carbocycles. The van der Waals surface area contributed by atoms with Gasteiger partial charge in [0, 0.05) is 23.9 Å². The van der Waals surface area contributed by atoms with E-state index in [0.717, 1.165) is 12.8 Å². The van der Waals surface area contributed by atoms with Gasteiger partial charge in [0.25, 0.3) is 5.91 Å². The molecule has 1 atom stereocenters. The predicted octanol–water partition coefficient (Wildman–Crippen LogP) is 3.06. The zero-order chi connectivity index (χ0) is 27.4. The molecule has 2 aliphatic rings. The minimum absolute atomic E-state index is 0.0375. The molecule has 11 nitrogen and oxygen atoms in total. The fourth-order valence-electron chi connectivity index (χ4n) is 4.91. The van der Waals surface area contributed by atoms with Gasteiger partial charge in [-0.1, -0.05) is 0 Å². The van der Waals surface area contributed by atoms with Crippen molar-refractivity contribution in [3.8, 4) is 11.6 Å². The number of carbonyl (C=O) groups excluding carboxylic acids is 2. The van der Waals surface area contributed by atoms with Crippen LogP contribution in [0.5, 0.6) is 11.6 Å². The molecule has 0 unspecified atom stereocenters. The summed E-state index contributed by atoms with van der Waals surface area (Å²) in [6.45, 7) is 2.40. The van der Waals surface area contributed by atoms with Crippen molar-refractivity contribution in [3.05, 3.63) is 47.9 Å². The number of methoxy groups -OCH3 is 1. The maximum atomic E-state index is 14.9. The molecule has 1 fully saturated rings. The number of benzene rings is 1. The van der Waals surface area contributed by atoms with Crippen LogP contribution in [0, 0.1) is 5.82 Å². The molecule has 4 heterocycles. The van der Waals surface area contributed by atoms with Crippen molar-refractivity contribution in [1.29, 1.82) is 0 Å². The Hall–Kier alpha value is -4.03. The maximum Gasteiger partial charge on any atom is 0.414 e. The molecule has 39 heavy (non-hydrogen) atoms. The number of nitrogens with zero attached hydrogens (tertiary/aromatic N) is 4. The number of fused-ring (bicyclic) bond motifs is 2. The van der Waals surface area contributed by atoms with Crippen molar-refractivity contribution in [3.63, 3.8) is 0 Å². The molecule has 3 aromatic rings. The number of carbonyl (C=O) groups is 2. The van der Waals surface area contributed by atoms with Crippen LogP contribution in [0.4, 0.5) is 20.6 Å². The smallest absolute Gasteiger partial charge is 0.414 e. The van der Waals surface area contributed by atoms with E-state index in [-0.39, 0.29) is 25.2 Å². The highest BCUT2D eigenvalue weighted by Crippen LogP contribution is 2.35. The molecule has 0 radical (unpaired) electrons. The van der Waals surface area contributed by atoms with E-state index in [9.17, 15) is 14.0 Å². The van der Waals surface area contributed by atoms with Crippen molar-refractivity contribution in [1.82, 2.24) is 14.9 Å². The van der Waals surface area contributed by atoms with Crippen LogP contribution >= 0.6 is 0 Å². The highest BCUT2D eigenvalue weighted by atomic mass is 19.1. The van der Waals surface area contributed by atoms with Gasteiger partial charge in [-0.25, -0.2) is 14.2 Å². The Kier molecular flexibility index (Phi) is 8.03. The zero-order valence-electron chi connectivity index (χ0n) is 21.7. The number of hydrogen-bond acceptors (Lipinski definition) is 9. The highest BCUT2D eigenvalue weighted by molar-refractivity contribution is 5.97. The van der Waals surface area contributed by atoms with E-state index < -0.39 is 11.9 Å². The number of pyridine rings is 2. The van der Waals surface area contributed by atoms with Gasteiger partial charge in [-0.3, -0.25) is 19.6 Å². The van der Waals surface area contributed by atoms with Gasteiger partial charge in [0.2, 0.25) is 5.88 Å². The van der Waals surface area contributed by atoms with Crippen LogP contribution < -0.4 is 25.4 Å². The molecule has 2 aromatic heterocycles. The number of nitrogens with two attached hydrogens (primary N) is 1. The van der Waals surface area contributed by atoms with Gasteiger partial charge in [-0.15, -0.1) is 0 Å². The second kappa shape index (κ2) is 11.8. The summed E-state index contributed by atoms with van der Waals surface area (Å²) in [5, 5.41) is 2.77. The molecule has 3 N–H and O–H groups in total. The Morgan fingerprint density at radius 1 is 1.21 bits per heavy atom. The van der Waals surface area contributed by atoms with Crippen molar-refractivity contribution in [2.45, 2.75) is 31.8 Å². The first-order chi connectivity index (χ1) is 19.0. The normalized spacial score (nSPS) is 16.7. The lowest BCUT2D eigenvalue weighted by Crippen LogP contribution is -2.35. The van der Waals surface area contributed by atoms with Crippen LogP contribution in [0.15, 0.2) is 36.5 Å². The monoisotopic (exact) mass is 538 g/mol. The lowest BCUT2D eigenvalue weighted by atomic mass is 10.1. The molecule has 2 amide bonds. The van der Waals surface area contributed by atoms with Crippen molar-refractivity contribution in [2.24, 2.45) is 5.73 Å². The third-order valence-electron chi connectivity index (χ3n) is 6.86. The van der Waals surface area contributed by atoms with Crippen molar-refractivity contribution >= 4 is 34.4 Å². The predicted molar refractivity (Wildman–Crippen MR) is 142 cm³/mol. The first-order valence-electron chi connectivity index (χ1n) is 12.9. The SMILES string of the molecule is COc1ccc2ncc(F)c(CN(CCCN)CCC[C@H]3COC(=O)N3c3ccc4c(c3)NC(=O)CO4)c2n1. The quantitative estimate of drug-likeness (QED) is 0.378. The Labute approximate surface area is 225 Å². The molecular weight excluding hydrogens is 507 g/mol. The molecular formula is C27H31FN6O5. The van der Waals surface area contributed by atoms with Gasteiger partial charge in [0.1, 0.15) is 23.7 Å². The van der Waals surface area contributed by atoms with E-state index in [0.29, 0.717) is 72.2 Å². The maximum absolute atomic E-state index is 14.9. The van der Waals surface area contributed by atoms with E-state index in [1.54, 1.807) is 35.2 Å². The number of amides is 2. The number of nitrogens with one attached hydrogen (secondary N) is 1. The van der Waals surface area contributed by atoms with Crippen LogP contribution in [-0.4, -0.2) is 72.9 Å². The largest absolute Gasteiger partial charge is 0.482 e. The first-order valence-corrected chi connectivity index (χ1v) is 12.9. The van der Waals surface area contributed by atoms with Crippen molar-refractivity contribution < 1.29 is 28.2 Å². The average molecular weight is 539 g/mol. The van der Waals surface area contributed by atoms with Gasteiger partial charge in [0.15, 0.2) is 6.61 Å². The third-order valence-corrected chi connectivity index (χ3v) is 6.86. The third kappa shape index (κ3) is 5.86. The molecule has 5 rings (SSSR count). The van der Waals surface area contributed by atoms with Crippen LogP contribution in [0.1, 0.15) is 24.8 Å². The Morgan fingerprint density at radius 2 is 2.05 bits per heavy atom. The summed E-state index contributed by atoms with van der Waals surface area (Å²) in [6, 6.07) is 8.51. The summed E-state index contributed by atoms with van der Waals surface area (Å²) in [5.74, 6) is 0.278. The zero-order valence-corrected chi connectivity index (χ0v) is 21.7. The molecule has 0 bridgehead atoms. The topological polar surface area (TPSA) is 132 Å². The number of ether oxygens (including phenoxy) is 3. The molecule has 2 aliphatic heterocycles. The van der Waals surface area contributed by atoms with Gasteiger partial charge in [-0.2, -0.15) is 0 Å². The first kappa shape index (κ1) is 26.6. The minimum atomic E-state index is -0.437. The Morgan fingerprint density at radius 3 is 2.87 bits per heavy atom.